The van der Waals surface area contributed by atoms with Crippen LogP contribution in [0.25, 0.3) is 0 Å². The van der Waals surface area contributed by atoms with Gasteiger partial charge in [0.25, 0.3) is 11.8 Å². The molecule has 0 bridgehead atoms. The third kappa shape index (κ3) is 5.70. The van der Waals surface area contributed by atoms with Gasteiger partial charge in [-0.2, -0.15) is 13.2 Å². The van der Waals surface area contributed by atoms with E-state index in [9.17, 15) is 31.2 Å². The summed E-state index contributed by atoms with van der Waals surface area (Å²) in [4.78, 5) is 24.4. The molecule has 0 aliphatic rings. The first-order valence-corrected chi connectivity index (χ1v) is 9.90. The number of amides is 2. The highest BCUT2D eigenvalue weighted by atomic mass is 35.5. The molecule has 0 spiro atoms. The van der Waals surface area contributed by atoms with Crippen LogP contribution in [0.1, 0.15) is 20.7 Å². The molecule has 0 heterocycles. The average Bonchev–Trinajstić information content (AvgIpc) is 2.58. The third-order valence-corrected chi connectivity index (χ3v) is 4.92. The largest absolute Gasteiger partial charge is 0.405 e. The second kappa shape index (κ2) is 8.19. The van der Waals surface area contributed by atoms with E-state index in [0.29, 0.717) is 0 Å². The van der Waals surface area contributed by atoms with Gasteiger partial charge >= 0.3 is 6.18 Å². The van der Waals surface area contributed by atoms with Gasteiger partial charge in [-0.1, -0.05) is 23.7 Å². The molecule has 0 fully saturated rings. The highest BCUT2D eigenvalue weighted by molar-refractivity contribution is 7.90. The molecule has 0 unspecified atom stereocenters. The molecule has 0 aliphatic carbocycles. The van der Waals surface area contributed by atoms with Crippen LogP contribution in [-0.2, 0) is 9.84 Å². The maximum absolute atomic E-state index is 12.5. The van der Waals surface area contributed by atoms with Crippen LogP contribution >= 0.6 is 11.6 Å². The van der Waals surface area contributed by atoms with E-state index < -0.39 is 34.4 Å². The number of hydrogen-bond acceptors (Lipinski definition) is 4. The number of alkyl halides is 3. The molecule has 0 atom stereocenters. The summed E-state index contributed by atoms with van der Waals surface area (Å²) in [6.45, 7) is -1.53. The summed E-state index contributed by atoms with van der Waals surface area (Å²) in [5.74, 6) is -1.87. The Morgan fingerprint density at radius 3 is 2.29 bits per heavy atom. The smallest absolute Gasteiger partial charge is 0.343 e. The molecule has 2 rings (SSSR count). The Kier molecular flexibility index (Phi) is 6.35. The van der Waals surface area contributed by atoms with Crippen molar-refractivity contribution in [3.8, 4) is 0 Å². The summed E-state index contributed by atoms with van der Waals surface area (Å²) in [5.41, 5.74) is -0.432. The maximum Gasteiger partial charge on any atom is 0.405 e. The molecule has 6 nitrogen and oxygen atoms in total. The van der Waals surface area contributed by atoms with Gasteiger partial charge in [-0.3, -0.25) is 9.59 Å². The molecule has 11 heteroatoms. The minimum Gasteiger partial charge on any atom is -0.343 e. The predicted molar refractivity (Wildman–Crippen MR) is 97.3 cm³/mol. The molecule has 0 saturated heterocycles. The zero-order valence-electron chi connectivity index (χ0n) is 14.3. The number of nitrogens with one attached hydrogen (secondary N) is 2. The van der Waals surface area contributed by atoms with E-state index >= 15 is 0 Å². The second-order valence-electron chi connectivity index (χ2n) is 5.71. The topological polar surface area (TPSA) is 92.3 Å². The number of hydrogen-bond donors (Lipinski definition) is 2. The summed E-state index contributed by atoms with van der Waals surface area (Å²) in [5, 5.41) is 4.04. The van der Waals surface area contributed by atoms with Gasteiger partial charge in [0.05, 0.1) is 26.7 Å². The molecule has 2 amide bonds. The highest BCUT2D eigenvalue weighted by Crippen LogP contribution is 2.23. The Morgan fingerprint density at radius 1 is 1.04 bits per heavy atom. The Labute approximate surface area is 163 Å². The van der Waals surface area contributed by atoms with E-state index in [0.717, 1.165) is 12.3 Å². The van der Waals surface area contributed by atoms with Crippen LogP contribution < -0.4 is 10.6 Å². The molecule has 0 radical (unpaired) electrons. The van der Waals surface area contributed by atoms with Gasteiger partial charge in [-0.05, 0) is 30.3 Å². The molecule has 2 N–H and O–H groups in total. The van der Waals surface area contributed by atoms with Crippen molar-refractivity contribution in [3.05, 3.63) is 58.6 Å². The van der Waals surface area contributed by atoms with Crippen molar-refractivity contribution in [3.63, 3.8) is 0 Å². The number of carbonyl (C=O) groups excluding carboxylic acids is 2. The van der Waals surface area contributed by atoms with Gasteiger partial charge < -0.3 is 10.6 Å². The lowest BCUT2D eigenvalue weighted by Crippen LogP contribution is -2.34. The molecule has 28 heavy (non-hydrogen) atoms. The fourth-order valence-corrected chi connectivity index (χ4v) is 3.02. The zero-order valence-corrected chi connectivity index (χ0v) is 15.9. The van der Waals surface area contributed by atoms with Gasteiger partial charge in [-0.25, -0.2) is 8.42 Å². The van der Waals surface area contributed by atoms with Crippen molar-refractivity contribution in [2.24, 2.45) is 0 Å². The molecular weight excluding hydrogens is 421 g/mol. The van der Waals surface area contributed by atoms with Gasteiger partial charge in [-0.15, -0.1) is 0 Å². The number of halogens is 4. The lowest BCUT2D eigenvalue weighted by molar-refractivity contribution is -0.123. The first-order valence-electron chi connectivity index (χ1n) is 7.63. The quantitative estimate of drug-likeness (QED) is 0.755. The number of carbonyl (C=O) groups is 2. The molecule has 0 saturated carbocycles. The van der Waals surface area contributed by atoms with Crippen molar-refractivity contribution in [1.82, 2.24) is 5.32 Å². The molecule has 2 aromatic carbocycles. The first-order chi connectivity index (χ1) is 12.9. The maximum atomic E-state index is 12.5. The first kappa shape index (κ1) is 21.7. The van der Waals surface area contributed by atoms with E-state index in [1.807, 2.05) is 0 Å². The summed E-state index contributed by atoms with van der Waals surface area (Å²) >= 11 is 5.95. The SMILES string of the molecule is CS(=O)(=O)c1ccc(Cl)c(C(=O)Nc2ccccc2C(=O)NCC(F)(F)F)c1. The Morgan fingerprint density at radius 2 is 1.68 bits per heavy atom. The summed E-state index contributed by atoms with van der Waals surface area (Å²) in [6.07, 6.45) is -3.63. The molecule has 0 aliphatic heterocycles. The molecule has 2 aromatic rings. The fourth-order valence-electron chi connectivity index (χ4n) is 2.16. The van der Waals surface area contributed by atoms with Crippen molar-refractivity contribution < 1.29 is 31.2 Å². The lowest BCUT2D eigenvalue weighted by Gasteiger charge is -2.13. The summed E-state index contributed by atoms with van der Waals surface area (Å²) < 4.78 is 60.2. The number of para-hydroxylation sites is 1. The predicted octanol–water partition coefficient (Wildman–Crippen LogP) is 3.29. The monoisotopic (exact) mass is 434 g/mol. The van der Waals surface area contributed by atoms with Gasteiger partial charge in [0.1, 0.15) is 6.54 Å². The Balaban J connectivity index is 2.30. The van der Waals surface area contributed by atoms with Crippen molar-refractivity contribution in [2.75, 3.05) is 18.1 Å². The van der Waals surface area contributed by atoms with E-state index in [1.165, 1.54) is 36.4 Å². The Bertz CT molecular complexity index is 1020. The van der Waals surface area contributed by atoms with Crippen LogP contribution in [-0.4, -0.2) is 39.2 Å². The lowest BCUT2D eigenvalue weighted by atomic mass is 10.1. The van der Waals surface area contributed by atoms with Crippen LogP contribution in [0.15, 0.2) is 47.4 Å². The normalized spacial score (nSPS) is 11.8. The van der Waals surface area contributed by atoms with Crippen molar-refractivity contribution in [2.45, 2.75) is 11.1 Å². The standard InChI is InChI=1S/C17H14ClF3N2O4S/c1-28(26,27)10-6-7-13(18)12(8-10)16(25)23-14-5-3-2-4-11(14)15(24)22-9-17(19,20)21/h2-8H,9H2,1H3,(H,22,24)(H,23,25). The second-order valence-corrected chi connectivity index (χ2v) is 8.13. The van der Waals surface area contributed by atoms with Crippen LogP contribution in [0.5, 0.6) is 0 Å². The molecule has 0 aromatic heterocycles. The number of sulfone groups is 1. The minimum absolute atomic E-state index is 0.0381. The van der Waals surface area contributed by atoms with E-state index in [4.69, 9.17) is 11.6 Å². The summed E-state index contributed by atoms with van der Waals surface area (Å²) in [6, 6.07) is 8.95. The third-order valence-electron chi connectivity index (χ3n) is 3.48. The fraction of sp³-hybridized carbons (Fsp3) is 0.176. The van der Waals surface area contributed by atoms with Crippen LogP contribution in [0.3, 0.4) is 0 Å². The van der Waals surface area contributed by atoms with Crippen LogP contribution in [0.4, 0.5) is 18.9 Å². The highest BCUT2D eigenvalue weighted by Gasteiger charge is 2.28. The van der Waals surface area contributed by atoms with E-state index in [-0.39, 0.29) is 26.7 Å². The average molecular weight is 435 g/mol. The summed E-state index contributed by atoms with van der Waals surface area (Å²) in [7, 11) is -3.60. The van der Waals surface area contributed by atoms with Crippen LogP contribution in [0.2, 0.25) is 5.02 Å². The number of anilines is 1. The van der Waals surface area contributed by atoms with E-state index in [1.54, 1.807) is 5.32 Å². The van der Waals surface area contributed by atoms with Crippen LogP contribution in [0, 0.1) is 0 Å². The molecule has 150 valence electrons. The van der Waals surface area contributed by atoms with Crippen molar-refractivity contribution in [1.29, 1.82) is 0 Å². The van der Waals surface area contributed by atoms with Crippen molar-refractivity contribution >= 4 is 38.9 Å². The number of rotatable bonds is 5. The molecular formula is C17H14ClF3N2O4S. The number of benzene rings is 2. The Hall–Kier alpha value is -2.59. The minimum atomic E-state index is -4.59. The van der Waals surface area contributed by atoms with E-state index in [2.05, 4.69) is 5.32 Å². The van der Waals surface area contributed by atoms with Gasteiger partial charge in [0, 0.05) is 6.26 Å². The van der Waals surface area contributed by atoms with Gasteiger partial charge in [0.15, 0.2) is 9.84 Å². The van der Waals surface area contributed by atoms with Gasteiger partial charge in [0.2, 0.25) is 0 Å². The zero-order chi connectivity index (χ0) is 21.1.